The molecule has 8 heteroatoms. The number of anilines is 1. The van der Waals surface area contributed by atoms with E-state index in [-0.39, 0.29) is 0 Å². The van der Waals surface area contributed by atoms with Crippen molar-refractivity contribution in [2.24, 2.45) is 0 Å². The first-order valence-electron chi connectivity index (χ1n) is 7.44. The molecule has 1 aliphatic rings. The van der Waals surface area contributed by atoms with E-state index in [0.29, 0.717) is 6.61 Å². The highest BCUT2D eigenvalue weighted by Crippen LogP contribution is 2.30. The minimum atomic E-state index is -1.82. The van der Waals surface area contributed by atoms with Crippen LogP contribution in [0, 0.1) is 0 Å². The highest BCUT2D eigenvalue weighted by atomic mass is 16.5. The van der Waals surface area contributed by atoms with Gasteiger partial charge in [-0.3, -0.25) is 0 Å². The largest absolute Gasteiger partial charge is 0.473 e. The van der Waals surface area contributed by atoms with E-state index in [4.69, 9.17) is 29.0 Å². The summed E-state index contributed by atoms with van der Waals surface area (Å²) in [6.45, 7) is 4.73. The van der Waals surface area contributed by atoms with Crippen LogP contribution in [-0.4, -0.2) is 55.4 Å². The maximum atomic E-state index is 9.10. The SMILES string of the molecule is COCc1cc(N2CCNCC2)c2occc2c1.O=C(O)C(=O)O. The number of piperazine rings is 1. The number of ether oxygens (including phenoxy) is 1. The Labute approximate surface area is 138 Å². The molecule has 0 atom stereocenters. The summed E-state index contributed by atoms with van der Waals surface area (Å²) in [5.74, 6) is -3.65. The van der Waals surface area contributed by atoms with Gasteiger partial charge in [0, 0.05) is 38.7 Å². The number of nitrogens with zero attached hydrogens (tertiary/aromatic N) is 1. The third kappa shape index (κ3) is 4.46. The average molecular weight is 336 g/mol. The maximum absolute atomic E-state index is 9.10. The quantitative estimate of drug-likeness (QED) is 0.716. The Morgan fingerprint density at radius 2 is 1.92 bits per heavy atom. The van der Waals surface area contributed by atoms with Gasteiger partial charge in [0.1, 0.15) is 0 Å². The zero-order valence-corrected chi connectivity index (χ0v) is 13.3. The van der Waals surface area contributed by atoms with Gasteiger partial charge in [0.15, 0.2) is 5.58 Å². The number of furan rings is 1. The van der Waals surface area contributed by atoms with Gasteiger partial charge in [-0.2, -0.15) is 0 Å². The van der Waals surface area contributed by atoms with E-state index in [1.165, 1.54) is 11.3 Å². The van der Waals surface area contributed by atoms with Gasteiger partial charge >= 0.3 is 11.9 Å². The summed E-state index contributed by atoms with van der Waals surface area (Å²) < 4.78 is 10.9. The van der Waals surface area contributed by atoms with E-state index in [1.807, 2.05) is 6.07 Å². The molecule has 8 nitrogen and oxygen atoms in total. The van der Waals surface area contributed by atoms with Crippen molar-refractivity contribution >= 4 is 28.6 Å². The van der Waals surface area contributed by atoms with Gasteiger partial charge in [-0.25, -0.2) is 9.59 Å². The number of hydrogen-bond acceptors (Lipinski definition) is 6. The van der Waals surface area contributed by atoms with Crippen LogP contribution in [0.25, 0.3) is 11.0 Å². The number of rotatable bonds is 3. The molecule has 1 fully saturated rings. The van der Waals surface area contributed by atoms with Crippen LogP contribution < -0.4 is 10.2 Å². The summed E-state index contributed by atoms with van der Waals surface area (Å²) >= 11 is 0. The first-order valence-corrected chi connectivity index (χ1v) is 7.44. The molecule has 1 saturated heterocycles. The van der Waals surface area contributed by atoms with Gasteiger partial charge in [-0.1, -0.05) is 0 Å². The summed E-state index contributed by atoms with van der Waals surface area (Å²) in [7, 11) is 1.73. The number of benzene rings is 1. The van der Waals surface area contributed by atoms with Crippen molar-refractivity contribution in [2.45, 2.75) is 6.61 Å². The Morgan fingerprint density at radius 1 is 1.25 bits per heavy atom. The fraction of sp³-hybridized carbons (Fsp3) is 0.375. The lowest BCUT2D eigenvalue weighted by atomic mass is 10.1. The van der Waals surface area contributed by atoms with E-state index < -0.39 is 11.9 Å². The minimum absolute atomic E-state index is 0.639. The molecule has 2 heterocycles. The molecule has 0 bridgehead atoms. The number of carbonyl (C=O) groups is 2. The van der Waals surface area contributed by atoms with Crippen molar-refractivity contribution in [3.63, 3.8) is 0 Å². The van der Waals surface area contributed by atoms with Crippen LogP contribution in [0.15, 0.2) is 28.9 Å². The Balaban J connectivity index is 0.000000301. The molecular formula is C16H20N2O6. The van der Waals surface area contributed by atoms with Crippen molar-refractivity contribution in [1.29, 1.82) is 0 Å². The number of nitrogens with one attached hydrogen (secondary N) is 1. The van der Waals surface area contributed by atoms with E-state index in [2.05, 4.69) is 22.3 Å². The molecule has 3 N–H and O–H groups in total. The van der Waals surface area contributed by atoms with Crippen LogP contribution in [0.2, 0.25) is 0 Å². The van der Waals surface area contributed by atoms with Crippen molar-refractivity contribution < 1.29 is 29.0 Å². The zero-order valence-electron chi connectivity index (χ0n) is 13.3. The number of carboxylic acid groups (broad SMARTS) is 2. The normalized spacial score (nSPS) is 14.1. The van der Waals surface area contributed by atoms with Crippen molar-refractivity contribution in [3.8, 4) is 0 Å². The Bertz CT molecular complexity index is 694. The van der Waals surface area contributed by atoms with Gasteiger partial charge < -0.3 is 29.6 Å². The highest BCUT2D eigenvalue weighted by Gasteiger charge is 2.16. The Kier molecular flexibility index (Phi) is 6.16. The second-order valence-electron chi connectivity index (χ2n) is 5.23. The predicted octanol–water partition coefficient (Wildman–Crippen LogP) is 1.14. The Hall–Kier alpha value is -2.58. The first kappa shape index (κ1) is 17.8. The van der Waals surface area contributed by atoms with Crippen LogP contribution in [0.5, 0.6) is 0 Å². The fourth-order valence-electron chi connectivity index (χ4n) is 2.51. The third-order valence-corrected chi connectivity index (χ3v) is 3.54. The number of carboxylic acids is 2. The van der Waals surface area contributed by atoms with Crippen LogP contribution in [0.1, 0.15) is 5.56 Å². The van der Waals surface area contributed by atoms with Gasteiger partial charge in [0.25, 0.3) is 0 Å². The highest BCUT2D eigenvalue weighted by molar-refractivity contribution is 6.27. The molecule has 130 valence electrons. The molecule has 0 amide bonds. The van der Waals surface area contributed by atoms with Crippen LogP contribution in [0.3, 0.4) is 0 Å². The minimum Gasteiger partial charge on any atom is -0.473 e. The molecule has 1 aliphatic heterocycles. The molecule has 3 rings (SSSR count). The molecule has 0 radical (unpaired) electrons. The fourth-order valence-corrected chi connectivity index (χ4v) is 2.51. The summed E-state index contributed by atoms with van der Waals surface area (Å²) in [5.41, 5.74) is 3.36. The second kappa shape index (κ2) is 8.32. The standard InChI is InChI=1S/C14H18N2O2.C2H2O4/c1-17-10-11-8-12-2-7-18-14(12)13(9-11)16-5-3-15-4-6-16;3-1(4)2(5)6/h2,7-9,15H,3-6,10H2,1H3;(H,3,4)(H,5,6). The molecule has 24 heavy (non-hydrogen) atoms. The number of methoxy groups -OCH3 is 1. The van der Waals surface area contributed by atoms with E-state index >= 15 is 0 Å². The number of fused-ring (bicyclic) bond motifs is 1. The molecular weight excluding hydrogens is 316 g/mol. The van der Waals surface area contributed by atoms with Gasteiger partial charge in [0.2, 0.25) is 0 Å². The monoisotopic (exact) mass is 336 g/mol. The van der Waals surface area contributed by atoms with Gasteiger partial charge in [-0.15, -0.1) is 0 Å². The van der Waals surface area contributed by atoms with E-state index in [0.717, 1.165) is 37.1 Å². The predicted molar refractivity (Wildman–Crippen MR) is 87.3 cm³/mol. The molecule has 0 saturated carbocycles. The zero-order chi connectivity index (χ0) is 17.5. The number of aliphatic carboxylic acids is 2. The van der Waals surface area contributed by atoms with Crippen molar-refractivity contribution in [3.05, 3.63) is 30.0 Å². The summed E-state index contributed by atoms with van der Waals surface area (Å²) in [6.07, 6.45) is 1.76. The smallest absolute Gasteiger partial charge is 0.414 e. The van der Waals surface area contributed by atoms with Crippen LogP contribution in [-0.2, 0) is 20.9 Å². The number of hydrogen-bond donors (Lipinski definition) is 3. The molecule has 0 spiro atoms. The molecule has 1 aromatic heterocycles. The maximum Gasteiger partial charge on any atom is 0.414 e. The van der Waals surface area contributed by atoms with Crippen molar-refractivity contribution in [2.75, 3.05) is 38.2 Å². The molecule has 0 aliphatic carbocycles. The third-order valence-electron chi connectivity index (χ3n) is 3.54. The van der Waals surface area contributed by atoms with E-state index in [1.54, 1.807) is 13.4 Å². The average Bonchev–Trinajstić information content (AvgIpc) is 3.04. The lowest BCUT2D eigenvalue weighted by Crippen LogP contribution is -2.43. The van der Waals surface area contributed by atoms with Gasteiger partial charge in [0.05, 0.1) is 18.6 Å². The van der Waals surface area contributed by atoms with Crippen LogP contribution >= 0.6 is 0 Å². The van der Waals surface area contributed by atoms with Gasteiger partial charge in [-0.05, 0) is 23.8 Å². The van der Waals surface area contributed by atoms with Crippen LogP contribution in [0.4, 0.5) is 5.69 Å². The molecule has 0 unspecified atom stereocenters. The van der Waals surface area contributed by atoms with E-state index in [9.17, 15) is 0 Å². The summed E-state index contributed by atoms with van der Waals surface area (Å²) in [5, 5.41) is 19.3. The van der Waals surface area contributed by atoms with Crippen molar-refractivity contribution in [1.82, 2.24) is 5.32 Å². The second-order valence-corrected chi connectivity index (χ2v) is 5.23. The Morgan fingerprint density at radius 3 is 2.50 bits per heavy atom. The summed E-state index contributed by atoms with van der Waals surface area (Å²) in [6, 6.07) is 6.33. The molecule has 2 aromatic rings. The summed E-state index contributed by atoms with van der Waals surface area (Å²) in [4.78, 5) is 20.6. The first-order chi connectivity index (χ1) is 11.5. The topological polar surface area (TPSA) is 112 Å². The lowest BCUT2D eigenvalue weighted by Gasteiger charge is -2.29. The molecule has 1 aromatic carbocycles. The lowest BCUT2D eigenvalue weighted by molar-refractivity contribution is -0.159.